The molecule has 0 aliphatic carbocycles. The molecule has 3 N–H and O–H groups in total. The number of ether oxygens (including phenoxy) is 1. The predicted molar refractivity (Wildman–Crippen MR) is 152 cm³/mol. The zero-order valence-corrected chi connectivity index (χ0v) is 21.9. The maximum Gasteiger partial charge on any atom is 0.337 e. The highest BCUT2D eigenvalue weighted by atomic mass is 16.5. The van der Waals surface area contributed by atoms with E-state index in [-0.39, 0.29) is 28.3 Å². The highest BCUT2D eigenvalue weighted by molar-refractivity contribution is 6.55. The molecule has 0 atom stereocenters. The fourth-order valence-corrected chi connectivity index (χ4v) is 4.52. The Morgan fingerprint density at radius 3 is 2.38 bits per heavy atom. The molecule has 0 radical (unpaired) electrons. The van der Waals surface area contributed by atoms with Crippen molar-refractivity contribution in [1.82, 2.24) is 0 Å². The summed E-state index contributed by atoms with van der Waals surface area (Å²) in [6.45, 7) is 3.92. The number of aryl methyl sites for hydroxylation is 2. The second kappa shape index (κ2) is 10.4. The topological polar surface area (TPSA) is 129 Å². The number of methoxy groups -OCH3 is 1. The molecule has 0 fully saturated rings. The molecule has 1 heterocycles. The number of nitrogens with one attached hydrogen (secondary N) is 1. The summed E-state index contributed by atoms with van der Waals surface area (Å²) in [6.07, 6.45) is 0. The van der Waals surface area contributed by atoms with Crippen molar-refractivity contribution >= 4 is 40.6 Å². The summed E-state index contributed by atoms with van der Waals surface area (Å²) in [5.41, 5.74) is 8.01. The summed E-state index contributed by atoms with van der Waals surface area (Å²) in [5, 5.41) is 24.7. The van der Waals surface area contributed by atoms with Gasteiger partial charge in [-0.05, 0) is 79.1 Å². The number of esters is 1. The van der Waals surface area contributed by atoms with Crippen LogP contribution in [0.15, 0.2) is 84.0 Å². The number of phenols is 1. The SMILES string of the molecule is COC(=O)c1ccc2c(c1)N(c1ccc(C)c(C)c1)C(=O)/C2=N\Nc1cccc(-c2cccc(C(=O)O)c2)c1O. The molecule has 0 spiro atoms. The molecule has 4 aromatic carbocycles. The lowest BCUT2D eigenvalue weighted by molar-refractivity contribution is -0.111. The highest BCUT2D eigenvalue weighted by Gasteiger charge is 2.36. The van der Waals surface area contributed by atoms with Crippen LogP contribution in [-0.2, 0) is 9.53 Å². The lowest BCUT2D eigenvalue weighted by Gasteiger charge is -2.18. The second-order valence-corrected chi connectivity index (χ2v) is 9.29. The van der Waals surface area contributed by atoms with Crippen molar-refractivity contribution in [1.29, 1.82) is 0 Å². The molecule has 1 amide bonds. The quantitative estimate of drug-likeness (QED) is 0.165. The van der Waals surface area contributed by atoms with Crippen molar-refractivity contribution in [3.05, 3.63) is 107 Å². The van der Waals surface area contributed by atoms with Gasteiger partial charge < -0.3 is 14.9 Å². The van der Waals surface area contributed by atoms with Crippen LogP contribution in [0.4, 0.5) is 17.1 Å². The van der Waals surface area contributed by atoms with Crippen LogP contribution >= 0.6 is 0 Å². The normalized spacial score (nSPS) is 13.3. The van der Waals surface area contributed by atoms with Crippen molar-refractivity contribution in [2.45, 2.75) is 13.8 Å². The fraction of sp³-hybridized carbons (Fsp3) is 0.0968. The van der Waals surface area contributed by atoms with Crippen molar-refractivity contribution in [2.75, 3.05) is 17.4 Å². The van der Waals surface area contributed by atoms with Gasteiger partial charge in [-0.25, -0.2) is 9.59 Å². The average Bonchev–Trinajstić information content (AvgIpc) is 3.23. The molecular formula is C31H25N3O6. The fourth-order valence-electron chi connectivity index (χ4n) is 4.52. The lowest BCUT2D eigenvalue weighted by Crippen LogP contribution is -2.26. The van der Waals surface area contributed by atoms with Crippen LogP contribution in [0.2, 0.25) is 0 Å². The van der Waals surface area contributed by atoms with E-state index in [1.165, 1.54) is 24.1 Å². The van der Waals surface area contributed by atoms with E-state index in [9.17, 15) is 24.6 Å². The first-order valence-corrected chi connectivity index (χ1v) is 12.3. The minimum atomic E-state index is -1.08. The standard InChI is InChI=1S/C31H25N3O6/c1-17-10-12-22(14-18(17)2)34-26-16-21(31(39)40-3)11-13-24(26)27(29(34)36)33-32-25-9-5-8-23(28(25)35)19-6-4-7-20(15-19)30(37)38/h4-16,32,35H,1-3H3,(H,37,38)/b33-27-. The maximum atomic E-state index is 13.7. The second-order valence-electron chi connectivity index (χ2n) is 9.29. The van der Waals surface area contributed by atoms with E-state index in [0.29, 0.717) is 28.1 Å². The Hall–Kier alpha value is -5.44. The number of hydrogen-bond donors (Lipinski definition) is 3. The van der Waals surface area contributed by atoms with Gasteiger partial charge in [0.05, 0.1) is 29.6 Å². The average molecular weight is 536 g/mol. The first kappa shape index (κ1) is 26.2. The molecule has 1 aliphatic heterocycles. The molecule has 5 rings (SSSR count). The first-order chi connectivity index (χ1) is 19.2. The van der Waals surface area contributed by atoms with Gasteiger partial charge in [0.15, 0.2) is 5.71 Å². The van der Waals surface area contributed by atoms with Crippen LogP contribution in [0.5, 0.6) is 5.75 Å². The van der Waals surface area contributed by atoms with E-state index in [1.54, 1.807) is 48.5 Å². The summed E-state index contributed by atoms with van der Waals surface area (Å²) < 4.78 is 4.87. The van der Waals surface area contributed by atoms with Gasteiger partial charge in [0.25, 0.3) is 5.91 Å². The third kappa shape index (κ3) is 4.64. The number of benzene rings is 4. The van der Waals surface area contributed by atoms with E-state index >= 15 is 0 Å². The van der Waals surface area contributed by atoms with Crippen LogP contribution in [0.1, 0.15) is 37.4 Å². The van der Waals surface area contributed by atoms with Gasteiger partial charge in [-0.3, -0.25) is 15.1 Å². The molecule has 4 aromatic rings. The molecule has 200 valence electrons. The van der Waals surface area contributed by atoms with Crippen molar-refractivity contribution in [2.24, 2.45) is 5.10 Å². The Morgan fingerprint density at radius 1 is 0.875 bits per heavy atom. The Morgan fingerprint density at radius 2 is 1.65 bits per heavy atom. The third-order valence-electron chi connectivity index (χ3n) is 6.81. The largest absolute Gasteiger partial charge is 0.505 e. The number of anilines is 3. The number of carbonyl (C=O) groups excluding carboxylic acids is 2. The number of phenolic OH excluding ortho intramolecular Hbond substituents is 1. The summed E-state index contributed by atoms with van der Waals surface area (Å²) in [4.78, 5) is 38.9. The molecule has 0 unspecified atom stereocenters. The van der Waals surface area contributed by atoms with Crippen LogP contribution in [0.3, 0.4) is 0 Å². The zero-order chi connectivity index (χ0) is 28.6. The van der Waals surface area contributed by atoms with Crippen molar-refractivity contribution in [3.63, 3.8) is 0 Å². The number of aromatic hydroxyl groups is 1. The van der Waals surface area contributed by atoms with Gasteiger partial charge >= 0.3 is 11.9 Å². The van der Waals surface area contributed by atoms with Crippen LogP contribution in [-0.4, -0.2) is 40.9 Å². The Kier molecular flexibility index (Phi) is 6.79. The summed E-state index contributed by atoms with van der Waals surface area (Å²) in [6, 6.07) is 21.5. The maximum absolute atomic E-state index is 13.7. The molecule has 0 bridgehead atoms. The minimum absolute atomic E-state index is 0.0847. The number of carboxylic acid groups (broad SMARTS) is 1. The molecule has 40 heavy (non-hydrogen) atoms. The van der Waals surface area contributed by atoms with E-state index in [4.69, 9.17) is 4.74 Å². The van der Waals surface area contributed by atoms with E-state index in [1.807, 2.05) is 32.0 Å². The van der Waals surface area contributed by atoms with Gasteiger partial charge in [0.2, 0.25) is 0 Å². The van der Waals surface area contributed by atoms with Crippen molar-refractivity contribution in [3.8, 4) is 16.9 Å². The van der Waals surface area contributed by atoms with Gasteiger partial charge in [0.1, 0.15) is 5.75 Å². The molecule has 0 aromatic heterocycles. The molecule has 9 nitrogen and oxygen atoms in total. The van der Waals surface area contributed by atoms with E-state index in [2.05, 4.69) is 10.5 Å². The van der Waals surface area contributed by atoms with Crippen LogP contribution < -0.4 is 10.3 Å². The number of amides is 1. The smallest absolute Gasteiger partial charge is 0.337 e. The number of rotatable bonds is 6. The van der Waals surface area contributed by atoms with Crippen molar-refractivity contribution < 1.29 is 29.3 Å². The Labute approximate surface area is 230 Å². The number of nitrogens with zero attached hydrogens (tertiary/aromatic N) is 2. The van der Waals surface area contributed by atoms with Gasteiger partial charge in [0, 0.05) is 16.8 Å². The number of carboxylic acids is 1. The summed E-state index contributed by atoms with van der Waals surface area (Å²) in [5.74, 6) is -2.19. The lowest BCUT2D eigenvalue weighted by atomic mass is 10.0. The summed E-state index contributed by atoms with van der Waals surface area (Å²) in [7, 11) is 1.29. The Bertz CT molecular complexity index is 1730. The molecule has 0 saturated carbocycles. The van der Waals surface area contributed by atoms with Crippen LogP contribution in [0, 0.1) is 13.8 Å². The van der Waals surface area contributed by atoms with Gasteiger partial charge in [-0.2, -0.15) is 5.10 Å². The van der Waals surface area contributed by atoms with Crippen LogP contribution in [0.25, 0.3) is 11.1 Å². The number of aromatic carboxylic acids is 1. The van der Waals surface area contributed by atoms with E-state index in [0.717, 1.165) is 11.1 Å². The minimum Gasteiger partial charge on any atom is -0.505 e. The third-order valence-corrected chi connectivity index (χ3v) is 6.81. The van der Waals surface area contributed by atoms with E-state index < -0.39 is 17.8 Å². The van der Waals surface area contributed by atoms with Gasteiger partial charge in [-0.1, -0.05) is 30.3 Å². The number of fused-ring (bicyclic) bond motifs is 1. The summed E-state index contributed by atoms with van der Waals surface area (Å²) >= 11 is 0. The molecule has 0 saturated heterocycles. The molecule has 1 aliphatic rings. The predicted octanol–water partition coefficient (Wildman–Crippen LogP) is 5.66. The number of hydrogen-bond acceptors (Lipinski definition) is 7. The molecular weight excluding hydrogens is 510 g/mol. The molecule has 9 heteroatoms. The highest BCUT2D eigenvalue weighted by Crippen LogP contribution is 2.39. The number of para-hydroxylation sites is 1. The first-order valence-electron chi connectivity index (χ1n) is 12.3. The van der Waals surface area contributed by atoms with Gasteiger partial charge in [-0.15, -0.1) is 0 Å². The number of hydrazone groups is 1. The number of carbonyl (C=O) groups is 3. The zero-order valence-electron chi connectivity index (χ0n) is 21.9. The Balaban J connectivity index is 1.56. The monoisotopic (exact) mass is 535 g/mol.